The van der Waals surface area contributed by atoms with Crippen LogP contribution in [0.5, 0.6) is 0 Å². The lowest BCUT2D eigenvalue weighted by molar-refractivity contribution is -0.137. The number of carbonyl (C=O) groups excluding carboxylic acids is 1. The molecule has 9 nitrogen and oxygen atoms in total. The summed E-state index contributed by atoms with van der Waals surface area (Å²) >= 11 is 0. The second-order valence-corrected chi connectivity index (χ2v) is 10.4. The Morgan fingerprint density at radius 3 is 2.16 bits per heavy atom. The summed E-state index contributed by atoms with van der Waals surface area (Å²) in [6.07, 6.45) is -4.70. The molecule has 31 heavy (non-hydrogen) atoms. The number of nitrogens with one attached hydrogen (secondary N) is 1. The van der Waals surface area contributed by atoms with Gasteiger partial charge in [0.25, 0.3) is 10.2 Å². The van der Waals surface area contributed by atoms with Crippen molar-refractivity contribution in [2.45, 2.75) is 24.9 Å². The highest BCUT2D eigenvalue weighted by Crippen LogP contribution is 2.30. The van der Waals surface area contributed by atoms with Crippen molar-refractivity contribution >= 4 is 26.1 Å². The maximum absolute atomic E-state index is 12.8. The zero-order valence-corrected chi connectivity index (χ0v) is 18.7. The first-order valence-corrected chi connectivity index (χ1v) is 12.4. The van der Waals surface area contributed by atoms with Crippen molar-refractivity contribution in [2.75, 3.05) is 45.8 Å². The Morgan fingerprint density at radius 1 is 1.06 bits per heavy atom. The van der Waals surface area contributed by atoms with Gasteiger partial charge in [0.05, 0.1) is 17.0 Å². The molecule has 0 radical (unpaired) electrons. The molecule has 1 aliphatic rings. The summed E-state index contributed by atoms with van der Waals surface area (Å²) in [7, 11) is -7.98. The molecule has 1 aromatic carbocycles. The third-order valence-electron chi connectivity index (χ3n) is 4.83. The minimum absolute atomic E-state index is 0.0605. The second kappa shape index (κ2) is 9.81. The molecule has 1 fully saturated rings. The lowest BCUT2D eigenvalue weighted by Crippen LogP contribution is -2.55. The van der Waals surface area contributed by atoms with Crippen LogP contribution in [-0.2, 0) is 31.2 Å². The third-order valence-corrected chi connectivity index (χ3v) is 8.42. The van der Waals surface area contributed by atoms with Crippen LogP contribution in [0.25, 0.3) is 0 Å². The lowest BCUT2D eigenvalue weighted by atomic mass is 10.2. The molecule has 176 valence electrons. The van der Waals surface area contributed by atoms with E-state index >= 15 is 0 Å². The number of carbonyl (C=O) groups is 1. The van der Waals surface area contributed by atoms with E-state index < -0.39 is 49.3 Å². The van der Waals surface area contributed by atoms with E-state index in [0.717, 1.165) is 18.2 Å². The number of halogens is 3. The minimum atomic E-state index is -4.70. The predicted octanol–water partition coefficient (Wildman–Crippen LogP) is 0.715. The molecule has 0 aromatic heterocycles. The first-order valence-electron chi connectivity index (χ1n) is 9.52. The molecule has 1 aromatic rings. The Kier molecular flexibility index (Phi) is 8.08. The fourth-order valence-corrected chi connectivity index (χ4v) is 5.70. The average Bonchev–Trinajstić information content (AvgIpc) is 2.72. The van der Waals surface area contributed by atoms with Gasteiger partial charge in [0.15, 0.2) is 0 Å². The maximum Gasteiger partial charge on any atom is 0.416 e. The van der Waals surface area contributed by atoms with Crippen LogP contribution in [0.15, 0.2) is 29.2 Å². The highest BCUT2D eigenvalue weighted by Gasteiger charge is 2.33. The summed E-state index contributed by atoms with van der Waals surface area (Å²) in [5.41, 5.74) is -1.12. The van der Waals surface area contributed by atoms with Gasteiger partial charge in [-0.1, -0.05) is 19.9 Å². The molecule has 1 saturated heterocycles. The van der Waals surface area contributed by atoms with E-state index in [-0.39, 0.29) is 26.2 Å². The highest BCUT2D eigenvalue weighted by atomic mass is 32.2. The molecule has 1 heterocycles. The Hall–Kier alpha value is -1.74. The number of rotatable bonds is 8. The van der Waals surface area contributed by atoms with Crippen LogP contribution in [0.3, 0.4) is 0 Å². The molecule has 0 aliphatic carbocycles. The Bertz CT molecular complexity index is 987. The van der Waals surface area contributed by atoms with Crippen molar-refractivity contribution in [3.8, 4) is 0 Å². The standard InChI is InChI=1S/C17H25F3N4O5S2/c1-3-23(4-2)31(28,29)24-10-8-22(9-11-24)16(25)13-21-30(26,27)15-7-5-6-14(12-15)17(18,19)20/h5-7,12,21H,3-4,8-11,13H2,1-2H3. The van der Waals surface area contributed by atoms with Gasteiger partial charge in [-0.2, -0.15) is 30.2 Å². The topological polar surface area (TPSA) is 107 Å². The van der Waals surface area contributed by atoms with Crippen LogP contribution in [0.2, 0.25) is 0 Å². The number of piperazine rings is 1. The summed E-state index contributed by atoms with van der Waals surface area (Å²) in [6, 6.07) is 3.20. The van der Waals surface area contributed by atoms with Crippen molar-refractivity contribution in [3.63, 3.8) is 0 Å². The normalized spacial score (nSPS) is 16.6. The third kappa shape index (κ3) is 6.16. The van der Waals surface area contributed by atoms with Gasteiger partial charge in [0.1, 0.15) is 0 Å². The molecule has 2 rings (SSSR count). The first kappa shape index (κ1) is 25.5. The van der Waals surface area contributed by atoms with Crippen molar-refractivity contribution in [1.82, 2.24) is 18.2 Å². The summed E-state index contributed by atoms with van der Waals surface area (Å²) in [4.78, 5) is 13.0. The van der Waals surface area contributed by atoms with Gasteiger partial charge in [0.2, 0.25) is 15.9 Å². The van der Waals surface area contributed by atoms with Crippen LogP contribution in [-0.4, -0.2) is 82.1 Å². The molecule has 0 bridgehead atoms. The average molecular weight is 487 g/mol. The van der Waals surface area contributed by atoms with E-state index in [1.165, 1.54) is 13.5 Å². The molecule has 1 aliphatic heterocycles. The van der Waals surface area contributed by atoms with E-state index in [0.29, 0.717) is 19.2 Å². The molecule has 14 heteroatoms. The van der Waals surface area contributed by atoms with Gasteiger partial charge < -0.3 is 4.90 Å². The Morgan fingerprint density at radius 2 is 1.65 bits per heavy atom. The van der Waals surface area contributed by atoms with Crippen molar-refractivity contribution in [2.24, 2.45) is 0 Å². The molecule has 0 spiro atoms. The maximum atomic E-state index is 12.8. The zero-order valence-electron chi connectivity index (χ0n) is 17.1. The molecule has 0 atom stereocenters. The van der Waals surface area contributed by atoms with Gasteiger partial charge in [-0.3, -0.25) is 4.79 Å². The van der Waals surface area contributed by atoms with E-state index in [1.807, 2.05) is 4.72 Å². The van der Waals surface area contributed by atoms with Crippen LogP contribution < -0.4 is 4.72 Å². The van der Waals surface area contributed by atoms with Crippen LogP contribution in [0.1, 0.15) is 19.4 Å². The summed E-state index contributed by atoms with van der Waals surface area (Å²) in [5, 5.41) is 0. The number of nitrogens with zero attached hydrogens (tertiary/aromatic N) is 3. The molecule has 0 unspecified atom stereocenters. The SMILES string of the molecule is CCN(CC)S(=O)(=O)N1CCN(C(=O)CNS(=O)(=O)c2cccc(C(F)(F)F)c2)CC1. The van der Waals surface area contributed by atoms with E-state index in [2.05, 4.69) is 0 Å². The molecule has 0 saturated carbocycles. The lowest BCUT2D eigenvalue weighted by Gasteiger charge is -2.36. The molecular formula is C17H25F3N4O5S2. The number of amides is 1. The molecule has 1 N–H and O–H groups in total. The number of sulfonamides is 1. The van der Waals surface area contributed by atoms with Crippen LogP contribution in [0.4, 0.5) is 13.2 Å². The van der Waals surface area contributed by atoms with E-state index in [1.54, 1.807) is 13.8 Å². The van der Waals surface area contributed by atoms with Crippen LogP contribution >= 0.6 is 0 Å². The largest absolute Gasteiger partial charge is 0.416 e. The van der Waals surface area contributed by atoms with Gasteiger partial charge in [-0.05, 0) is 18.2 Å². The van der Waals surface area contributed by atoms with Gasteiger partial charge >= 0.3 is 6.18 Å². The second-order valence-electron chi connectivity index (χ2n) is 6.72. The molecule has 1 amide bonds. The quantitative estimate of drug-likeness (QED) is 0.583. The number of hydrogen-bond acceptors (Lipinski definition) is 5. The Labute approximate surface area is 180 Å². The summed E-state index contributed by atoms with van der Waals surface area (Å²) < 4.78 is 92.5. The van der Waals surface area contributed by atoms with Crippen molar-refractivity contribution in [1.29, 1.82) is 0 Å². The molecular weight excluding hydrogens is 461 g/mol. The highest BCUT2D eigenvalue weighted by molar-refractivity contribution is 7.89. The summed E-state index contributed by atoms with van der Waals surface area (Å²) in [5.74, 6) is -0.601. The number of hydrogen-bond donors (Lipinski definition) is 1. The Balaban J connectivity index is 1.97. The zero-order chi connectivity index (χ0) is 23.4. The van der Waals surface area contributed by atoms with Gasteiger partial charge in [0, 0.05) is 39.3 Å². The predicted molar refractivity (Wildman–Crippen MR) is 107 cm³/mol. The van der Waals surface area contributed by atoms with Crippen molar-refractivity contribution < 1.29 is 34.8 Å². The fraction of sp³-hybridized carbons (Fsp3) is 0.588. The van der Waals surface area contributed by atoms with Gasteiger partial charge in [-0.25, -0.2) is 13.1 Å². The smallest absolute Gasteiger partial charge is 0.339 e. The van der Waals surface area contributed by atoms with E-state index in [4.69, 9.17) is 0 Å². The van der Waals surface area contributed by atoms with Gasteiger partial charge in [-0.15, -0.1) is 0 Å². The van der Waals surface area contributed by atoms with E-state index in [9.17, 15) is 34.8 Å². The first-order chi connectivity index (χ1) is 14.3. The van der Waals surface area contributed by atoms with Crippen molar-refractivity contribution in [3.05, 3.63) is 29.8 Å². The monoisotopic (exact) mass is 486 g/mol. The fourth-order valence-electron chi connectivity index (χ4n) is 3.07. The van der Waals surface area contributed by atoms with Crippen LogP contribution in [0, 0.1) is 0 Å². The minimum Gasteiger partial charge on any atom is -0.339 e. The summed E-state index contributed by atoms with van der Waals surface area (Å²) in [6.45, 7) is 3.69. The number of benzene rings is 1. The number of alkyl halides is 3.